The second-order valence-corrected chi connectivity index (χ2v) is 5.69. The number of carbonyl (C=O) groups is 2. The number of nitrogens with zero attached hydrogens (tertiary/aromatic N) is 3. The molecule has 1 heterocycles. The summed E-state index contributed by atoms with van der Waals surface area (Å²) in [4.78, 5) is 30.3. The SMILES string of the molecule is CCC(=O)N(C)c1ccccc1C(=O)Nc1ccc(-c2ncn[nH]2)cc1. The third-order valence-corrected chi connectivity index (χ3v) is 4.02. The molecule has 2 aromatic carbocycles. The van der Waals surface area contributed by atoms with E-state index in [1.54, 1.807) is 50.4 Å². The number of para-hydroxylation sites is 1. The van der Waals surface area contributed by atoms with Gasteiger partial charge in [-0.2, -0.15) is 5.10 Å². The van der Waals surface area contributed by atoms with Gasteiger partial charge >= 0.3 is 0 Å². The van der Waals surface area contributed by atoms with Crippen molar-refractivity contribution in [2.45, 2.75) is 13.3 Å². The summed E-state index contributed by atoms with van der Waals surface area (Å²) in [7, 11) is 1.67. The molecular weight excluding hydrogens is 330 g/mol. The quantitative estimate of drug-likeness (QED) is 0.740. The predicted octanol–water partition coefficient (Wildman–Crippen LogP) is 3.10. The van der Waals surface area contributed by atoms with Gasteiger partial charge in [-0.15, -0.1) is 0 Å². The minimum Gasteiger partial charge on any atom is -0.322 e. The zero-order valence-corrected chi connectivity index (χ0v) is 14.6. The fourth-order valence-corrected chi connectivity index (χ4v) is 2.58. The van der Waals surface area contributed by atoms with Crippen LogP contribution in [0.15, 0.2) is 54.9 Å². The summed E-state index contributed by atoms with van der Waals surface area (Å²) in [6.45, 7) is 1.79. The highest BCUT2D eigenvalue weighted by Gasteiger charge is 2.17. The number of anilines is 2. The summed E-state index contributed by atoms with van der Waals surface area (Å²) in [6.07, 6.45) is 1.81. The Kier molecular flexibility index (Phi) is 5.07. The second-order valence-electron chi connectivity index (χ2n) is 5.69. The van der Waals surface area contributed by atoms with E-state index in [4.69, 9.17) is 0 Å². The van der Waals surface area contributed by atoms with E-state index in [0.717, 1.165) is 5.56 Å². The lowest BCUT2D eigenvalue weighted by molar-refractivity contribution is -0.118. The molecule has 0 unspecified atom stereocenters. The minimum absolute atomic E-state index is 0.0540. The standard InChI is InChI=1S/C19H19N5O2/c1-3-17(25)24(2)16-7-5-4-6-15(16)19(26)22-14-10-8-13(9-11-14)18-20-12-21-23-18/h4-12H,3H2,1-2H3,(H,22,26)(H,20,21,23). The van der Waals surface area contributed by atoms with Crippen molar-refractivity contribution >= 4 is 23.2 Å². The van der Waals surface area contributed by atoms with Crippen molar-refractivity contribution in [1.29, 1.82) is 0 Å². The maximum Gasteiger partial charge on any atom is 0.257 e. The molecule has 0 spiro atoms. The van der Waals surface area contributed by atoms with E-state index in [1.165, 1.54) is 11.2 Å². The molecule has 0 aliphatic carbocycles. The van der Waals surface area contributed by atoms with Crippen molar-refractivity contribution in [1.82, 2.24) is 15.2 Å². The van der Waals surface area contributed by atoms with Crippen LogP contribution in [0.5, 0.6) is 0 Å². The fraction of sp³-hybridized carbons (Fsp3) is 0.158. The van der Waals surface area contributed by atoms with Crippen LogP contribution in [0.25, 0.3) is 11.4 Å². The summed E-state index contributed by atoms with van der Waals surface area (Å²) in [5, 5.41) is 9.47. The molecule has 132 valence electrons. The maximum absolute atomic E-state index is 12.7. The normalized spacial score (nSPS) is 10.4. The Morgan fingerprint density at radius 3 is 2.50 bits per heavy atom. The highest BCUT2D eigenvalue weighted by Crippen LogP contribution is 2.22. The molecule has 3 rings (SSSR count). The smallest absolute Gasteiger partial charge is 0.257 e. The zero-order valence-electron chi connectivity index (χ0n) is 14.6. The zero-order chi connectivity index (χ0) is 18.5. The van der Waals surface area contributed by atoms with Gasteiger partial charge < -0.3 is 10.2 Å². The Bertz CT molecular complexity index is 904. The molecule has 0 atom stereocenters. The lowest BCUT2D eigenvalue weighted by atomic mass is 10.1. The van der Waals surface area contributed by atoms with E-state index in [2.05, 4.69) is 20.5 Å². The highest BCUT2D eigenvalue weighted by atomic mass is 16.2. The number of aromatic amines is 1. The second kappa shape index (κ2) is 7.60. The van der Waals surface area contributed by atoms with Crippen LogP contribution in [0.2, 0.25) is 0 Å². The number of amides is 2. The van der Waals surface area contributed by atoms with Crippen molar-refractivity contribution in [2.75, 3.05) is 17.3 Å². The molecule has 0 aliphatic heterocycles. The number of hydrogen-bond acceptors (Lipinski definition) is 4. The van der Waals surface area contributed by atoms with Crippen molar-refractivity contribution in [3.8, 4) is 11.4 Å². The van der Waals surface area contributed by atoms with Crippen molar-refractivity contribution in [3.05, 3.63) is 60.4 Å². The molecule has 0 bridgehead atoms. The molecule has 0 fully saturated rings. The van der Waals surface area contributed by atoms with Crippen LogP contribution in [-0.4, -0.2) is 34.0 Å². The van der Waals surface area contributed by atoms with Crippen LogP contribution >= 0.6 is 0 Å². The Hall–Kier alpha value is -3.48. The van der Waals surface area contributed by atoms with Gasteiger partial charge in [0.2, 0.25) is 5.91 Å². The van der Waals surface area contributed by atoms with Gasteiger partial charge in [0.1, 0.15) is 6.33 Å². The first kappa shape index (κ1) is 17.3. The van der Waals surface area contributed by atoms with Crippen LogP contribution in [0.4, 0.5) is 11.4 Å². The lowest BCUT2D eigenvalue weighted by Crippen LogP contribution is -2.27. The van der Waals surface area contributed by atoms with Gasteiger partial charge in [-0.05, 0) is 36.4 Å². The molecule has 3 aromatic rings. The van der Waals surface area contributed by atoms with Crippen molar-refractivity contribution < 1.29 is 9.59 Å². The van der Waals surface area contributed by atoms with Crippen LogP contribution in [0.1, 0.15) is 23.7 Å². The van der Waals surface area contributed by atoms with Crippen LogP contribution in [0, 0.1) is 0 Å². The van der Waals surface area contributed by atoms with Crippen molar-refractivity contribution in [2.24, 2.45) is 0 Å². The minimum atomic E-state index is -0.274. The lowest BCUT2D eigenvalue weighted by Gasteiger charge is -2.19. The number of carbonyl (C=O) groups excluding carboxylic acids is 2. The molecule has 0 radical (unpaired) electrons. The summed E-state index contributed by atoms with van der Waals surface area (Å²) in [5.74, 6) is 0.332. The van der Waals surface area contributed by atoms with Crippen LogP contribution in [0.3, 0.4) is 0 Å². The molecule has 26 heavy (non-hydrogen) atoms. The number of benzene rings is 2. The molecule has 2 amide bonds. The molecule has 7 nitrogen and oxygen atoms in total. The van der Waals surface area contributed by atoms with Gasteiger partial charge in [-0.1, -0.05) is 19.1 Å². The van der Waals surface area contributed by atoms with Crippen molar-refractivity contribution in [3.63, 3.8) is 0 Å². The van der Waals surface area contributed by atoms with Gasteiger partial charge in [0, 0.05) is 24.7 Å². The Balaban J connectivity index is 1.79. The van der Waals surface area contributed by atoms with E-state index in [0.29, 0.717) is 29.2 Å². The first-order chi connectivity index (χ1) is 12.6. The molecule has 0 aliphatic rings. The van der Waals surface area contributed by atoms with Gasteiger partial charge in [0.15, 0.2) is 5.82 Å². The average molecular weight is 349 g/mol. The monoisotopic (exact) mass is 349 g/mol. The van der Waals surface area contributed by atoms with Gasteiger partial charge in [-0.3, -0.25) is 14.7 Å². The third kappa shape index (κ3) is 3.61. The summed E-state index contributed by atoms with van der Waals surface area (Å²) >= 11 is 0. The van der Waals surface area contributed by atoms with Gasteiger partial charge in [-0.25, -0.2) is 4.98 Å². The molecule has 7 heteroatoms. The molecule has 1 aromatic heterocycles. The van der Waals surface area contributed by atoms with Crippen LogP contribution in [-0.2, 0) is 4.79 Å². The van der Waals surface area contributed by atoms with E-state index < -0.39 is 0 Å². The van der Waals surface area contributed by atoms with E-state index in [1.807, 2.05) is 12.1 Å². The molecule has 0 saturated carbocycles. The Labute approximate surface area is 151 Å². The average Bonchev–Trinajstić information content (AvgIpc) is 3.22. The number of H-pyrrole nitrogens is 1. The van der Waals surface area contributed by atoms with Gasteiger partial charge in [0.05, 0.1) is 11.3 Å². The van der Waals surface area contributed by atoms with Gasteiger partial charge in [0.25, 0.3) is 5.91 Å². The number of rotatable bonds is 5. The molecular formula is C19H19N5O2. The van der Waals surface area contributed by atoms with Crippen LogP contribution < -0.4 is 10.2 Å². The maximum atomic E-state index is 12.7. The number of hydrogen-bond donors (Lipinski definition) is 2. The topological polar surface area (TPSA) is 91.0 Å². The van der Waals surface area contributed by atoms with E-state index >= 15 is 0 Å². The first-order valence-electron chi connectivity index (χ1n) is 8.23. The first-order valence-corrected chi connectivity index (χ1v) is 8.23. The number of aromatic nitrogens is 3. The fourth-order valence-electron chi connectivity index (χ4n) is 2.58. The largest absolute Gasteiger partial charge is 0.322 e. The highest BCUT2D eigenvalue weighted by molar-refractivity contribution is 6.10. The van der Waals surface area contributed by atoms with E-state index in [-0.39, 0.29) is 11.8 Å². The Morgan fingerprint density at radius 2 is 1.85 bits per heavy atom. The van der Waals surface area contributed by atoms with E-state index in [9.17, 15) is 9.59 Å². The molecule has 2 N–H and O–H groups in total. The number of nitrogens with one attached hydrogen (secondary N) is 2. The summed E-state index contributed by atoms with van der Waals surface area (Å²) < 4.78 is 0. The third-order valence-electron chi connectivity index (χ3n) is 4.02. The predicted molar refractivity (Wildman–Crippen MR) is 99.9 cm³/mol. The summed E-state index contributed by atoms with van der Waals surface area (Å²) in [6, 6.07) is 14.3. The summed E-state index contributed by atoms with van der Waals surface area (Å²) in [5.41, 5.74) is 2.54. The Morgan fingerprint density at radius 1 is 1.12 bits per heavy atom. The molecule has 0 saturated heterocycles.